The third-order valence-corrected chi connectivity index (χ3v) is 4.13. The smallest absolute Gasteiger partial charge is 0.292 e. The first kappa shape index (κ1) is 13.1. The van der Waals surface area contributed by atoms with Gasteiger partial charge in [-0.05, 0) is 18.8 Å². The summed E-state index contributed by atoms with van der Waals surface area (Å²) >= 11 is 0. The summed E-state index contributed by atoms with van der Waals surface area (Å²) in [5.41, 5.74) is -0.683. The molecule has 1 saturated heterocycles. The fraction of sp³-hybridized carbons (Fsp3) is 0.615. The van der Waals surface area contributed by atoms with E-state index in [2.05, 4.69) is 10.3 Å². The molecule has 2 heterocycles. The van der Waals surface area contributed by atoms with Crippen molar-refractivity contribution in [1.82, 2.24) is 15.2 Å². The third kappa shape index (κ3) is 1.89. The molecule has 2 amide bonds. The Morgan fingerprint density at radius 2 is 2.50 bits per heavy atom. The standard InChI is InChI=1S/C13H17N3O4/c1-19-5-3-15-12(18)13-6-9(13)2-4-16(13)11(17)10-7-14-8-20-10/h7-9H,2-6H2,1H3,(H,15,18). The van der Waals surface area contributed by atoms with Gasteiger partial charge in [0.15, 0.2) is 6.39 Å². The molecule has 1 N–H and O–H groups in total. The first-order chi connectivity index (χ1) is 9.70. The first-order valence-corrected chi connectivity index (χ1v) is 6.68. The second-order valence-electron chi connectivity index (χ2n) is 5.19. The van der Waals surface area contributed by atoms with E-state index in [-0.39, 0.29) is 23.5 Å². The van der Waals surface area contributed by atoms with Gasteiger partial charge in [0.05, 0.1) is 12.8 Å². The fourth-order valence-electron chi connectivity index (χ4n) is 3.03. The van der Waals surface area contributed by atoms with Crippen LogP contribution < -0.4 is 5.32 Å². The average Bonchev–Trinajstić information content (AvgIpc) is 2.84. The lowest BCUT2D eigenvalue weighted by Gasteiger charge is -2.26. The number of nitrogens with zero attached hydrogens (tertiary/aromatic N) is 2. The van der Waals surface area contributed by atoms with Crippen molar-refractivity contribution in [2.45, 2.75) is 18.4 Å². The molecule has 2 atom stereocenters. The lowest BCUT2D eigenvalue weighted by molar-refractivity contribution is -0.126. The molecule has 2 aliphatic rings. The molecule has 7 heteroatoms. The van der Waals surface area contributed by atoms with Gasteiger partial charge in [-0.15, -0.1) is 0 Å². The van der Waals surface area contributed by atoms with E-state index in [0.29, 0.717) is 19.7 Å². The van der Waals surface area contributed by atoms with E-state index in [0.717, 1.165) is 12.8 Å². The molecule has 1 aromatic heterocycles. The van der Waals surface area contributed by atoms with Crippen molar-refractivity contribution in [3.05, 3.63) is 18.4 Å². The molecule has 0 spiro atoms. The molecule has 1 aromatic rings. The summed E-state index contributed by atoms with van der Waals surface area (Å²) in [7, 11) is 1.58. The molecule has 7 nitrogen and oxygen atoms in total. The number of methoxy groups -OCH3 is 1. The van der Waals surface area contributed by atoms with E-state index < -0.39 is 5.54 Å². The van der Waals surface area contributed by atoms with Gasteiger partial charge in [-0.2, -0.15) is 0 Å². The number of aromatic nitrogens is 1. The van der Waals surface area contributed by atoms with Crippen molar-refractivity contribution in [1.29, 1.82) is 0 Å². The van der Waals surface area contributed by atoms with Gasteiger partial charge in [0.2, 0.25) is 11.7 Å². The minimum absolute atomic E-state index is 0.0927. The minimum atomic E-state index is -0.683. The van der Waals surface area contributed by atoms with Crippen molar-refractivity contribution in [3.63, 3.8) is 0 Å². The molecular formula is C13H17N3O4. The second-order valence-corrected chi connectivity index (χ2v) is 5.19. The number of hydrogen-bond donors (Lipinski definition) is 1. The highest BCUT2D eigenvalue weighted by Crippen LogP contribution is 2.56. The molecule has 0 aromatic carbocycles. The summed E-state index contributed by atoms with van der Waals surface area (Å²) in [4.78, 5) is 30.1. The normalized spacial score (nSPS) is 27.2. The number of piperidine rings is 1. The van der Waals surface area contributed by atoms with Gasteiger partial charge in [-0.1, -0.05) is 0 Å². The van der Waals surface area contributed by atoms with Gasteiger partial charge < -0.3 is 19.4 Å². The van der Waals surface area contributed by atoms with Crippen LogP contribution in [0.5, 0.6) is 0 Å². The van der Waals surface area contributed by atoms with E-state index in [1.807, 2.05) is 0 Å². The molecule has 0 bridgehead atoms. The second kappa shape index (κ2) is 4.90. The Hall–Kier alpha value is -1.89. The van der Waals surface area contributed by atoms with E-state index in [1.54, 1.807) is 12.0 Å². The molecular weight excluding hydrogens is 262 g/mol. The zero-order valence-corrected chi connectivity index (χ0v) is 11.3. The van der Waals surface area contributed by atoms with Gasteiger partial charge in [0, 0.05) is 20.2 Å². The van der Waals surface area contributed by atoms with Crippen LogP contribution in [0.3, 0.4) is 0 Å². The molecule has 3 rings (SSSR count). The Kier molecular flexibility index (Phi) is 3.21. The predicted octanol–water partition coefficient (Wildman–Crippen LogP) is 0.0418. The number of hydrogen-bond acceptors (Lipinski definition) is 5. The van der Waals surface area contributed by atoms with Crippen molar-refractivity contribution >= 4 is 11.8 Å². The van der Waals surface area contributed by atoms with Crippen molar-refractivity contribution in [2.75, 3.05) is 26.8 Å². The summed E-state index contributed by atoms with van der Waals surface area (Å²) in [6, 6.07) is 0. The van der Waals surface area contributed by atoms with Crippen LogP contribution in [0.25, 0.3) is 0 Å². The Morgan fingerprint density at radius 1 is 1.65 bits per heavy atom. The SMILES string of the molecule is COCCNC(=O)C12CC1CCN2C(=O)c1cnco1. The quantitative estimate of drug-likeness (QED) is 0.769. The van der Waals surface area contributed by atoms with Crippen LogP contribution in [-0.4, -0.2) is 54.0 Å². The first-order valence-electron chi connectivity index (χ1n) is 6.68. The Balaban J connectivity index is 1.72. The number of carbonyl (C=O) groups is 2. The number of likely N-dealkylation sites (tertiary alicyclic amines) is 1. The number of rotatable bonds is 5. The maximum atomic E-state index is 12.4. The van der Waals surface area contributed by atoms with E-state index in [4.69, 9.17) is 9.15 Å². The van der Waals surface area contributed by atoms with Crippen LogP contribution in [0, 0.1) is 5.92 Å². The minimum Gasteiger partial charge on any atom is -0.438 e. The Morgan fingerprint density at radius 3 is 3.15 bits per heavy atom. The number of amides is 2. The number of ether oxygens (including phenoxy) is 1. The maximum absolute atomic E-state index is 12.4. The highest BCUT2D eigenvalue weighted by atomic mass is 16.5. The van der Waals surface area contributed by atoms with E-state index >= 15 is 0 Å². The van der Waals surface area contributed by atoms with Crippen LogP contribution in [-0.2, 0) is 9.53 Å². The number of oxazole rings is 1. The van der Waals surface area contributed by atoms with Crippen LogP contribution in [0.2, 0.25) is 0 Å². The van der Waals surface area contributed by atoms with Gasteiger partial charge in [-0.3, -0.25) is 9.59 Å². The Bertz CT molecular complexity index is 516. The molecule has 20 heavy (non-hydrogen) atoms. The van der Waals surface area contributed by atoms with Crippen LogP contribution in [0.1, 0.15) is 23.4 Å². The zero-order chi connectivity index (χ0) is 14.2. The van der Waals surface area contributed by atoms with Gasteiger partial charge in [0.1, 0.15) is 5.54 Å². The molecule has 1 aliphatic carbocycles. The summed E-state index contributed by atoms with van der Waals surface area (Å²) in [6.07, 6.45) is 4.19. The Labute approximate surface area is 116 Å². The lowest BCUT2D eigenvalue weighted by atomic mass is 10.2. The highest BCUT2D eigenvalue weighted by Gasteiger charge is 2.68. The van der Waals surface area contributed by atoms with E-state index in [9.17, 15) is 9.59 Å². The number of carbonyl (C=O) groups excluding carboxylic acids is 2. The van der Waals surface area contributed by atoms with Gasteiger partial charge >= 0.3 is 0 Å². The van der Waals surface area contributed by atoms with Crippen LogP contribution in [0.15, 0.2) is 17.0 Å². The van der Waals surface area contributed by atoms with E-state index in [1.165, 1.54) is 12.6 Å². The molecule has 1 saturated carbocycles. The molecule has 108 valence electrons. The third-order valence-electron chi connectivity index (χ3n) is 4.13. The largest absolute Gasteiger partial charge is 0.438 e. The van der Waals surface area contributed by atoms with Crippen molar-refractivity contribution < 1.29 is 18.7 Å². The average molecular weight is 279 g/mol. The van der Waals surface area contributed by atoms with Crippen LogP contribution in [0.4, 0.5) is 0 Å². The maximum Gasteiger partial charge on any atom is 0.292 e. The molecule has 1 aliphatic heterocycles. The summed E-state index contributed by atoms with van der Waals surface area (Å²) < 4.78 is 9.96. The predicted molar refractivity (Wildman–Crippen MR) is 67.9 cm³/mol. The summed E-state index contributed by atoms with van der Waals surface area (Å²) in [5.74, 6) is 0.0906. The molecule has 2 unspecified atom stereocenters. The van der Waals surface area contributed by atoms with Crippen molar-refractivity contribution in [2.24, 2.45) is 5.92 Å². The molecule has 2 fully saturated rings. The monoisotopic (exact) mass is 279 g/mol. The molecule has 0 radical (unpaired) electrons. The fourth-order valence-corrected chi connectivity index (χ4v) is 3.03. The summed E-state index contributed by atoms with van der Waals surface area (Å²) in [6.45, 7) is 1.50. The lowest BCUT2D eigenvalue weighted by Crippen LogP contribution is -2.50. The van der Waals surface area contributed by atoms with Gasteiger partial charge in [0.25, 0.3) is 5.91 Å². The zero-order valence-electron chi connectivity index (χ0n) is 11.3. The van der Waals surface area contributed by atoms with Crippen molar-refractivity contribution in [3.8, 4) is 0 Å². The number of nitrogens with one attached hydrogen (secondary N) is 1. The van der Waals surface area contributed by atoms with Gasteiger partial charge in [-0.25, -0.2) is 4.98 Å². The summed E-state index contributed by atoms with van der Waals surface area (Å²) in [5, 5.41) is 2.83. The number of fused-ring (bicyclic) bond motifs is 1. The topological polar surface area (TPSA) is 84.7 Å². The van der Waals surface area contributed by atoms with Crippen LogP contribution >= 0.6 is 0 Å². The highest BCUT2D eigenvalue weighted by molar-refractivity contribution is 6.00.